The monoisotopic (exact) mass is 224 g/mol. The molecule has 16 heavy (non-hydrogen) atoms. The fourth-order valence-electron chi connectivity index (χ4n) is 1.09. The summed E-state index contributed by atoms with van der Waals surface area (Å²) in [6.07, 6.45) is 0.700. The molecule has 0 saturated carbocycles. The average Bonchev–Trinajstić information content (AvgIpc) is 2.31. The van der Waals surface area contributed by atoms with Crippen LogP contribution in [0.25, 0.3) is 0 Å². The molecule has 1 N–H and O–H groups in total. The lowest BCUT2D eigenvalue weighted by atomic mass is 10.3. The van der Waals surface area contributed by atoms with E-state index < -0.39 is 0 Å². The second-order valence-corrected chi connectivity index (χ2v) is 3.21. The predicted molar refractivity (Wildman–Crippen MR) is 59.2 cm³/mol. The van der Waals surface area contributed by atoms with E-state index in [1.165, 1.54) is 0 Å². The molecule has 0 spiro atoms. The van der Waals surface area contributed by atoms with Gasteiger partial charge in [0.05, 0.1) is 19.6 Å². The molecular weight excluding hydrogens is 208 g/mol. The van der Waals surface area contributed by atoms with Crippen LogP contribution >= 0.6 is 0 Å². The van der Waals surface area contributed by atoms with Crippen molar-refractivity contribution in [1.29, 1.82) is 0 Å². The van der Waals surface area contributed by atoms with E-state index in [4.69, 9.17) is 14.6 Å². The van der Waals surface area contributed by atoms with Crippen molar-refractivity contribution in [2.75, 3.05) is 19.8 Å². The molecule has 0 aliphatic rings. The highest BCUT2D eigenvalue weighted by atomic mass is 16.5. The van der Waals surface area contributed by atoms with Gasteiger partial charge in [0.15, 0.2) is 0 Å². The molecule has 0 bridgehead atoms. The highest BCUT2D eigenvalue weighted by Gasteiger charge is 2.02. The molecule has 4 nitrogen and oxygen atoms in total. The van der Waals surface area contributed by atoms with Crippen LogP contribution in [0.4, 0.5) is 0 Å². The number of aliphatic hydroxyl groups excluding tert-OH is 1. The number of hydrogen-bond donors (Lipinski definition) is 1. The van der Waals surface area contributed by atoms with Gasteiger partial charge < -0.3 is 14.6 Å². The Labute approximate surface area is 94.8 Å². The summed E-state index contributed by atoms with van der Waals surface area (Å²) >= 11 is 0. The third-order valence-corrected chi connectivity index (χ3v) is 1.88. The summed E-state index contributed by atoms with van der Waals surface area (Å²) in [6.45, 7) is 0.608. The molecule has 88 valence electrons. The lowest BCUT2D eigenvalue weighted by molar-refractivity contribution is -0.144. The number of para-hydroxylation sites is 1. The summed E-state index contributed by atoms with van der Waals surface area (Å²) in [4.78, 5) is 11.1. The van der Waals surface area contributed by atoms with E-state index in [1.807, 2.05) is 30.3 Å². The molecule has 0 unspecified atom stereocenters. The van der Waals surface area contributed by atoms with Crippen molar-refractivity contribution >= 4 is 5.97 Å². The maximum atomic E-state index is 11.1. The van der Waals surface area contributed by atoms with E-state index in [0.717, 1.165) is 5.75 Å². The van der Waals surface area contributed by atoms with Gasteiger partial charge in [-0.2, -0.15) is 0 Å². The van der Waals surface area contributed by atoms with Crippen molar-refractivity contribution in [2.24, 2.45) is 0 Å². The molecule has 1 rings (SSSR count). The van der Waals surface area contributed by atoms with Crippen LogP contribution in [0.5, 0.6) is 5.75 Å². The minimum Gasteiger partial charge on any atom is -0.493 e. The minimum atomic E-state index is -0.301. The first-order valence-electron chi connectivity index (χ1n) is 5.27. The number of hydrogen-bond acceptors (Lipinski definition) is 4. The molecule has 4 heteroatoms. The summed E-state index contributed by atoms with van der Waals surface area (Å²) in [5.41, 5.74) is 0. The van der Waals surface area contributed by atoms with E-state index in [1.54, 1.807) is 0 Å². The fourth-order valence-corrected chi connectivity index (χ4v) is 1.09. The molecule has 0 atom stereocenters. The zero-order chi connectivity index (χ0) is 11.6. The van der Waals surface area contributed by atoms with Gasteiger partial charge in [-0.25, -0.2) is 0 Å². The van der Waals surface area contributed by atoms with Gasteiger partial charge in [-0.1, -0.05) is 18.2 Å². The Morgan fingerprint density at radius 3 is 2.62 bits per heavy atom. The molecule has 0 heterocycles. The maximum Gasteiger partial charge on any atom is 0.309 e. The average molecular weight is 224 g/mol. The SMILES string of the molecule is O=C(CCOc1ccccc1)OCCCO. The van der Waals surface area contributed by atoms with Gasteiger partial charge in [-0.15, -0.1) is 0 Å². The van der Waals surface area contributed by atoms with Crippen LogP contribution < -0.4 is 4.74 Å². The van der Waals surface area contributed by atoms with Gasteiger partial charge in [0.25, 0.3) is 0 Å². The molecule has 1 aromatic carbocycles. The van der Waals surface area contributed by atoms with Crippen molar-refractivity contribution < 1.29 is 19.4 Å². The van der Waals surface area contributed by atoms with Crippen molar-refractivity contribution in [3.05, 3.63) is 30.3 Å². The molecule has 0 aliphatic carbocycles. The molecule has 0 saturated heterocycles. The van der Waals surface area contributed by atoms with Gasteiger partial charge >= 0.3 is 5.97 Å². The maximum absolute atomic E-state index is 11.1. The van der Waals surface area contributed by atoms with Gasteiger partial charge in [0, 0.05) is 13.0 Å². The largest absolute Gasteiger partial charge is 0.493 e. The number of esters is 1. The standard InChI is InChI=1S/C12H16O4/c13-8-4-9-16-12(14)7-10-15-11-5-2-1-3-6-11/h1-3,5-6,13H,4,7-10H2. The number of rotatable bonds is 7. The third kappa shape index (κ3) is 5.36. The van der Waals surface area contributed by atoms with Crippen molar-refractivity contribution in [3.63, 3.8) is 0 Å². The molecule has 0 amide bonds. The third-order valence-electron chi connectivity index (χ3n) is 1.88. The summed E-state index contributed by atoms with van der Waals surface area (Å²) in [5.74, 6) is 0.440. The molecule has 0 fully saturated rings. The van der Waals surface area contributed by atoms with Crippen molar-refractivity contribution in [3.8, 4) is 5.75 Å². The van der Waals surface area contributed by atoms with Crippen molar-refractivity contribution in [2.45, 2.75) is 12.8 Å². The Kier molecular flexibility index (Phi) is 6.03. The van der Waals surface area contributed by atoms with Crippen LogP contribution in [0, 0.1) is 0 Å². The first-order chi connectivity index (χ1) is 7.83. The lowest BCUT2D eigenvalue weighted by Gasteiger charge is -2.06. The Morgan fingerprint density at radius 2 is 1.94 bits per heavy atom. The number of aliphatic hydroxyl groups is 1. The second-order valence-electron chi connectivity index (χ2n) is 3.21. The number of carbonyl (C=O) groups is 1. The summed E-state index contributed by atoms with van der Waals surface area (Å²) < 4.78 is 10.2. The molecule has 0 aliphatic heterocycles. The van der Waals surface area contributed by atoms with Crippen LogP contribution in [0.3, 0.4) is 0 Å². The lowest BCUT2D eigenvalue weighted by Crippen LogP contribution is -2.11. The predicted octanol–water partition coefficient (Wildman–Crippen LogP) is 1.38. The Morgan fingerprint density at radius 1 is 1.19 bits per heavy atom. The van der Waals surface area contributed by atoms with E-state index >= 15 is 0 Å². The first-order valence-corrected chi connectivity index (χ1v) is 5.27. The van der Waals surface area contributed by atoms with E-state index in [-0.39, 0.29) is 25.6 Å². The number of benzene rings is 1. The van der Waals surface area contributed by atoms with Gasteiger partial charge in [-0.3, -0.25) is 4.79 Å². The zero-order valence-corrected chi connectivity index (χ0v) is 9.09. The summed E-state index contributed by atoms with van der Waals surface area (Å²) in [5, 5.41) is 8.49. The molecule has 1 aromatic rings. The highest BCUT2D eigenvalue weighted by molar-refractivity contribution is 5.69. The van der Waals surface area contributed by atoms with Gasteiger partial charge in [0.2, 0.25) is 0 Å². The normalized spacial score (nSPS) is 9.81. The smallest absolute Gasteiger partial charge is 0.309 e. The van der Waals surface area contributed by atoms with Crippen LogP contribution in [-0.2, 0) is 9.53 Å². The zero-order valence-electron chi connectivity index (χ0n) is 9.09. The fraction of sp³-hybridized carbons (Fsp3) is 0.417. The van der Waals surface area contributed by atoms with Crippen LogP contribution in [0.1, 0.15) is 12.8 Å². The number of ether oxygens (including phenoxy) is 2. The van der Waals surface area contributed by atoms with Gasteiger partial charge in [-0.05, 0) is 12.1 Å². The Bertz CT molecular complexity index is 297. The van der Waals surface area contributed by atoms with Gasteiger partial charge in [0.1, 0.15) is 5.75 Å². The Hall–Kier alpha value is -1.55. The van der Waals surface area contributed by atoms with E-state index in [9.17, 15) is 4.79 Å². The Balaban J connectivity index is 2.09. The second kappa shape index (κ2) is 7.70. The topological polar surface area (TPSA) is 55.8 Å². The van der Waals surface area contributed by atoms with Crippen molar-refractivity contribution in [1.82, 2.24) is 0 Å². The highest BCUT2D eigenvalue weighted by Crippen LogP contribution is 2.08. The number of carbonyl (C=O) groups excluding carboxylic acids is 1. The molecule has 0 aromatic heterocycles. The summed E-state index contributed by atoms with van der Waals surface area (Å²) in [7, 11) is 0. The van der Waals surface area contributed by atoms with E-state index in [2.05, 4.69) is 0 Å². The van der Waals surface area contributed by atoms with E-state index in [0.29, 0.717) is 13.0 Å². The molecular formula is C12H16O4. The van der Waals surface area contributed by atoms with Crippen LogP contribution in [0.15, 0.2) is 30.3 Å². The minimum absolute atomic E-state index is 0.0355. The first kappa shape index (κ1) is 12.5. The van der Waals surface area contributed by atoms with Crippen LogP contribution in [-0.4, -0.2) is 30.9 Å². The van der Waals surface area contributed by atoms with Crippen LogP contribution in [0.2, 0.25) is 0 Å². The quantitative estimate of drug-likeness (QED) is 0.561. The summed E-state index contributed by atoms with van der Waals surface area (Å²) in [6, 6.07) is 9.30. The molecule has 0 radical (unpaired) electrons.